The Bertz CT molecular complexity index is 1330. The number of nitrogens with one attached hydrogen (secondary N) is 1. The molecular weight excluding hydrogens is 474 g/mol. The fourth-order valence-electron chi connectivity index (χ4n) is 3.26. The molecule has 3 aromatic carbocycles. The lowest BCUT2D eigenvalue weighted by Gasteiger charge is -2.11. The molecule has 0 atom stereocenters. The van der Waals surface area contributed by atoms with Gasteiger partial charge in [-0.25, -0.2) is 4.68 Å². The van der Waals surface area contributed by atoms with Crippen molar-refractivity contribution in [1.29, 1.82) is 0 Å². The molecule has 1 aromatic heterocycles. The molecule has 4 nitrogen and oxygen atoms in total. The summed E-state index contributed by atoms with van der Waals surface area (Å²) in [5.74, 6) is -0.373. The van der Waals surface area contributed by atoms with E-state index in [0.717, 1.165) is 16.3 Å². The molecule has 4 rings (SSSR count). The average Bonchev–Trinajstić information content (AvgIpc) is 3.23. The topological polar surface area (TPSA) is 46.9 Å². The summed E-state index contributed by atoms with van der Waals surface area (Å²) in [4.78, 5) is 12.7. The summed E-state index contributed by atoms with van der Waals surface area (Å²) in [6, 6.07) is 18.8. The highest BCUT2D eigenvalue weighted by Crippen LogP contribution is 2.34. The Labute approximate surface area is 197 Å². The second-order valence-corrected chi connectivity index (χ2v) is 8.03. The number of amides is 1. The van der Waals surface area contributed by atoms with Gasteiger partial charge in [-0.15, -0.1) is 0 Å². The van der Waals surface area contributed by atoms with Gasteiger partial charge in [-0.05, 0) is 55.0 Å². The van der Waals surface area contributed by atoms with Crippen LogP contribution in [0, 0.1) is 6.92 Å². The van der Waals surface area contributed by atoms with Gasteiger partial charge in [0.25, 0.3) is 5.91 Å². The van der Waals surface area contributed by atoms with Crippen molar-refractivity contribution in [2.45, 2.75) is 13.1 Å². The van der Waals surface area contributed by atoms with Crippen LogP contribution in [-0.4, -0.2) is 15.7 Å². The molecule has 168 valence electrons. The first kappa shape index (κ1) is 22.9. The van der Waals surface area contributed by atoms with E-state index >= 15 is 0 Å². The second kappa shape index (κ2) is 8.92. The van der Waals surface area contributed by atoms with Crippen molar-refractivity contribution < 1.29 is 18.0 Å². The van der Waals surface area contributed by atoms with Crippen LogP contribution in [0.3, 0.4) is 0 Å². The number of benzene rings is 3. The van der Waals surface area contributed by atoms with Crippen LogP contribution < -0.4 is 5.32 Å². The Morgan fingerprint density at radius 2 is 1.61 bits per heavy atom. The summed E-state index contributed by atoms with van der Waals surface area (Å²) >= 11 is 12.3. The van der Waals surface area contributed by atoms with Gasteiger partial charge in [0.2, 0.25) is 0 Å². The number of hydrogen-bond acceptors (Lipinski definition) is 2. The normalized spacial score (nSPS) is 11.5. The van der Waals surface area contributed by atoms with E-state index in [4.69, 9.17) is 23.2 Å². The Kier molecular flexibility index (Phi) is 6.19. The number of nitrogens with zero attached hydrogens (tertiary/aromatic N) is 2. The number of alkyl halides is 3. The molecule has 0 aliphatic carbocycles. The predicted molar refractivity (Wildman–Crippen MR) is 123 cm³/mol. The van der Waals surface area contributed by atoms with Crippen LogP contribution in [0.4, 0.5) is 18.9 Å². The molecule has 9 heteroatoms. The molecular formula is C24H16Cl2F3N3O. The number of hydrogen-bond donors (Lipinski definition) is 1. The third-order valence-corrected chi connectivity index (χ3v) is 5.77. The first-order chi connectivity index (χ1) is 15.6. The fraction of sp³-hybridized carbons (Fsp3) is 0.0833. The smallest absolute Gasteiger partial charge is 0.322 e. The molecule has 0 aliphatic rings. The summed E-state index contributed by atoms with van der Waals surface area (Å²) < 4.78 is 41.3. The lowest BCUT2D eigenvalue weighted by molar-refractivity contribution is -0.141. The van der Waals surface area contributed by atoms with Crippen molar-refractivity contribution in [3.8, 4) is 16.9 Å². The molecule has 0 spiro atoms. The highest BCUT2D eigenvalue weighted by atomic mass is 35.5. The summed E-state index contributed by atoms with van der Waals surface area (Å²) in [5.41, 5.74) is 1.52. The Hall–Kier alpha value is -3.29. The molecule has 33 heavy (non-hydrogen) atoms. The van der Waals surface area contributed by atoms with Gasteiger partial charge in [-0.1, -0.05) is 53.5 Å². The number of rotatable bonds is 4. The predicted octanol–water partition coefficient (Wildman–Crippen LogP) is 7.43. The zero-order valence-corrected chi connectivity index (χ0v) is 18.6. The molecule has 0 fully saturated rings. The van der Waals surface area contributed by atoms with E-state index in [-0.39, 0.29) is 16.6 Å². The molecule has 0 saturated carbocycles. The number of aromatic nitrogens is 2. The van der Waals surface area contributed by atoms with E-state index in [9.17, 15) is 18.0 Å². The van der Waals surface area contributed by atoms with E-state index in [0.29, 0.717) is 27.5 Å². The third-order valence-electron chi connectivity index (χ3n) is 5.04. The maximum Gasteiger partial charge on any atom is 0.435 e. The van der Waals surface area contributed by atoms with Crippen molar-refractivity contribution in [3.05, 3.63) is 99.7 Å². The number of para-hydroxylation sites is 1. The van der Waals surface area contributed by atoms with Crippen LogP contribution in [0.2, 0.25) is 10.0 Å². The highest BCUT2D eigenvalue weighted by Gasteiger charge is 2.35. The minimum atomic E-state index is -4.63. The van der Waals surface area contributed by atoms with Crippen molar-refractivity contribution in [2.24, 2.45) is 0 Å². The van der Waals surface area contributed by atoms with Crippen molar-refractivity contribution >= 4 is 34.8 Å². The fourth-order valence-corrected chi connectivity index (χ4v) is 3.65. The third kappa shape index (κ3) is 4.74. The minimum Gasteiger partial charge on any atom is -0.322 e. The Morgan fingerprint density at radius 1 is 0.939 bits per heavy atom. The van der Waals surface area contributed by atoms with Crippen molar-refractivity contribution in [3.63, 3.8) is 0 Å². The first-order valence-electron chi connectivity index (χ1n) is 9.74. The number of carbonyl (C=O) groups is 1. The van der Waals surface area contributed by atoms with Crippen LogP contribution in [0.25, 0.3) is 16.9 Å². The SMILES string of the molecule is Cc1c(Cl)cccc1NC(=O)c1ccc(-c2cc(C(F)(F)F)nn2-c2ccccc2Cl)cc1. The van der Waals surface area contributed by atoms with E-state index in [1.807, 2.05) is 0 Å². The summed E-state index contributed by atoms with van der Waals surface area (Å²) in [7, 11) is 0. The summed E-state index contributed by atoms with van der Waals surface area (Å²) in [6.07, 6.45) is -4.63. The molecule has 4 aromatic rings. The largest absolute Gasteiger partial charge is 0.435 e. The maximum absolute atomic E-state index is 13.4. The van der Waals surface area contributed by atoms with Crippen molar-refractivity contribution in [1.82, 2.24) is 9.78 Å². The Morgan fingerprint density at radius 3 is 2.27 bits per heavy atom. The van der Waals surface area contributed by atoms with Crippen LogP contribution in [0.1, 0.15) is 21.6 Å². The molecule has 0 saturated heterocycles. The van der Waals surface area contributed by atoms with Gasteiger partial charge in [-0.2, -0.15) is 18.3 Å². The molecule has 0 aliphatic heterocycles. The van der Waals surface area contributed by atoms with Gasteiger partial charge < -0.3 is 5.32 Å². The first-order valence-corrected chi connectivity index (χ1v) is 10.5. The van der Waals surface area contributed by atoms with E-state index in [1.54, 1.807) is 61.5 Å². The van der Waals surface area contributed by atoms with Gasteiger partial charge >= 0.3 is 6.18 Å². The number of carbonyl (C=O) groups excluding carboxylic acids is 1. The minimum absolute atomic E-state index is 0.188. The highest BCUT2D eigenvalue weighted by molar-refractivity contribution is 6.32. The van der Waals surface area contributed by atoms with Crippen LogP contribution in [0.5, 0.6) is 0 Å². The molecule has 0 unspecified atom stereocenters. The lowest BCUT2D eigenvalue weighted by atomic mass is 10.1. The molecule has 1 amide bonds. The van der Waals surface area contributed by atoms with Gasteiger partial charge in [0.15, 0.2) is 5.69 Å². The van der Waals surface area contributed by atoms with Gasteiger partial charge in [-0.3, -0.25) is 4.79 Å². The molecule has 0 radical (unpaired) electrons. The van der Waals surface area contributed by atoms with Crippen LogP contribution in [0.15, 0.2) is 72.8 Å². The monoisotopic (exact) mass is 489 g/mol. The average molecular weight is 490 g/mol. The standard InChI is InChI=1S/C24H16Cl2F3N3O/c1-14-17(25)6-4-7-19(14)30-23(33)16-11-9-15(10-12-16)21-13-22(24(27,28)29)31-32(21)20-8-3-2-5-18(20)26/h2-13H,1H3,(H,30,33). The van der Waals surface area contributed by atoms with Gasteiger partial charge in [0.05, 0.1) is 16.4 Å². The number of anilines is 1. The zero-order chi connectivity index (χ0) is 23.8. The second-order valence-electron chi connectivity index (χ2n) is 7.22. The van der Waals surface area contributed by atoms with Crippen LogP contribution in [-0.2, 0) is 6.18 Å². The summed E-state index contributed by atoms with van der Waals surface area (Å²) in [6.45, 7) is 1.79. The lowest BCUT2D eigenvalue weighted by Crippen LogP contribution is -2.12. The van der Waals surface area contributed by atoms with Gasteiger partial charge in [0.1, 0.15) is 0 Å². The molecule has 1 heterocycles. The van der Waals surface area contributed by atoms with Crippen LogP contribution >= 0.6 is 23.2 Å². The maximum atomic E-state index is 13.4. The van der Waals surface area contributed by atoms with E-state index in [1.165, 1.54) is 12.1 Å². The zero-order valence-electron chi connectivity index (χ0n) is 17.1. The molecule has 0 bridgehead atoms. The summed E-state index contributed by atoms with van der Waals surface area (Å²) in [5, 5.41) is 7.30. The number of halogens is 5. The quantitative estimate of drug-likeness (QED) is 0.324. The van der Waals surface area contributed by atoms with Gasteiger partial charge in [0, 0.05) is 21.8 Å². The van der Waals surface area contributed by atoms with E-state index < -0.39 is 11.9 Å². The van der Waals surface area contributed by atoms with Crippen molar-refractivity contribution in [2.75, 3.05) is 5.32 Å². The molecule has 1 N–H and O–H groups in total. The Balaban J connectivity index is 1.69. The van der Waals surface area contributed by atoms with E-state index in [2.05, 4.69) is 10.4 Å².